The van der Waals surface area contributed by atoms with Crippen molar-refractivity contribution in [3.05, 3.63) is 35.9 Å². The summed E-state index contributed by atoms with van der Waals surface area (Å²) in [4.78, 5) is 2.63. The van der Waals surface area contributed by atoms with E-state index in [0.29, 0.717) is 0 Å². The molecule has 1 spiro atoms. The quantitative estimate of drug-likeness (QED) is 0.808. The second-order valence-corrected chi connectivity index (χ2v) is 10.4. The third-order valence-corrected chi connectivity index (χ3v) is 8.26. The second kappa shape index (κ2) is 7.01. The Kier molecular flexibility index (Phi) is 4.91. The third kappa shape index (κ3) is 3.93. The van der Waals surface area contributed by atoms with Crippen molar-refractivity contribution >= 4 is 10.0 Å². The molecule has 0 amide bonds. The number of benzene rings is 1. The van der Waals surface area contributed by atoms with Crippen molar-refractivity contribution in [2.45, 2.75) is 44.3 Å². The van der Waals surface area contributed by atoms with Gasteiger partial charge in [0.2, 0.25) is 10.0 Å². The van der Waals surface area contributed by atoms with E-state index < -0.39 is 10.0 Å². The van der Waals surface area contributed by atoms with Gasteiger partial charge in [-0.05, 0) is 50.3 Å². The SMILES string of the molecule is O=S(=O)(Cc1ccccc1)N1CC2(CCN(CC3CCCC3)CC2)C1. The zero-order valence-corrected chi connectivity index (χ0v) is 15.9. The van der Waals surface area contributed by atoms with Crippen LogP contribution in [-0.2, 0) is 15.8 Å². The number of hydrogen-bond donors (Lipinski definition) is 0. The fourth-order valence-corrected chi connectivity index (χ4v) is 6.60. The summed E-state index contributed by atoms with van der Waals surface area (Å²) in [6.45, 7) is 5.05. The fraction of sp³-hybridized carbons (Fsp3) is 0.700. The molecule has 0 aromatic heterocycles. The Morgan fingerprint density at radius 2 is 1.64 bits per heavy atom. The first-order valence-electron chi connectivity index (χ1n) is 9.79. The topological polar surface area (TPSA) is 40.6 Å². The van der Waals surface area contributed by atoms with Gasteiger partial charge in [-0.15, -0.1) is 0 Å². The van der Waals surface area contributed by atoms with Crippen LogP contribution < -0.4 is 0 Å². The van der Waals surface area contributed by atoms with Gasteiger partial charge in [0, 0.05) is 25.0 Å². The Morgan fingerprint density at radius 1 is 1.00 bits per heavy atom. The highest BCUT2D eigenvalue weighted by atomic mass is 32.2. The Balaban J connectivity index is 1.27. The number of sulfonamides is 1. The molecule has 1 aromatic rings. The maximum absolute atomic E-state index is 12.6. The molecule has 0 radical (unpaired) electrons. The monoisotopic (exact) mass is 362 g/mol. The Hall–Kier alpha value is -0.910. The van der Waals surface area contributed by atoms with Crippen LogP contribution in [0, 0.1) is 11.3 Å². The normalized spacial score (nSPS) is 25.3. The summed E-state index contributed by atoms with van der Waals surface area (Å²) in [7, 11) is -3.16. The van der Waals surface area contributed by atoms with E-state index in [1.807, 2.05) is 30.3 Å². The molecular weight excluding hydrogens is 332 g/mol. The number of piperidine rings is 1. The van der Waals surface area contributed by atoms with E-state index in [9.17, 15) is 8.42 Å². The lowest BCUT2D eigenvalue weighted by molar-refractivity contribution is -0.00285. The Labute approximate surface area is 152 Å². The summed E-state index contributed by atoms with van der Waals surface area (Å²) >= 11 is 0. The van der Waals surface area contributed by atoms with Gasteiger partial charge in [0.1, 0.15) is 0 Å². The first kappa shape index (κ1) is 17.5. The zero-order chi connectivity index (χ0) is 17.3. The highest BCUT2D eigenvalue weighted by Crippen LogP contribution is 2.42. The lowest BCUT2D eigenvalue weighted by Gasteiger charge is -2.53. The van der Waals surface area contributed by atoms with Gasteiger partial charge in [-0.3, -0.25) is 0 Å². The molecule has 1 aromatic carbocycles. The second-order valence-electron chi connectivity index (χ2n) is 8.46. The van der Waals surface area contributed by atoms with Crippen LogP contribution in [0.5, 0.6) is 0 Å². The Morgan fingerprint density at radius 3 is 2.28 bits per heavy atom. The van der Waals surface area contributed by atoms with Gasteiger partial charge in [0.15, 0.2) is 0 Å². The standard InChI is InChI=1S/C20H30N2O2S/c23-25(24,15-19-8-2-1-3-9-19)22-16-20(17-22)10-12-21(13-11-20)14-18-6-4-5-7-18/h1-3,8-9,18H,4-7,10-17H2. The predicted octanol–water partition coefficient (Wildman–Crippen LogP) is 3.10. The fourth-order valence-electron chi connectivity index (χ4n) is 4.86. The summed E-state index contributed by atoms with van der Waals surface area (Å²) < 4.78 is 27.0. The largest absolute Gasteiger partial charge is 0.303 e. The molecule has 0 unspecified atom stereocenters. The summed E-state index contributed by atoms with van der Waals surface area (Å²) in [5.41, 5.74) is 1.14. The van der Waals surface area contributed by atoms with E-state index >= 15 is 0 Å². The molecule has 0 atom stereocenters. The summed E-state index contributed by atoms with van der Waals surface area (Å²) in [6, 6.07) is 9.53. The zero-order valence-electron chi connectivity index (χ0n) is 15.1. The van der Waals surface area contributed by atoms with Crippen LogP contribution in [0.25, 0.3) is 0 Å². The molecule has 5 heteroatoms. The molecule has 25 heavy (non-hydrogen) atoms. The van der Waals surface area contributed by atoms with Crippen LogP contribution in [0.3, 0.4) is 0 Å². The van der Waals surface area contributed by atoms with Crippen LogP contribution >= 0.6 is 0 Å². The molecule has 4 nitrogen and oxygen atoms in total. The molecule has 0 bridgehead atoms. The van der Waals surface area contributed by atoms with E-state index in [-0.39, 0.29) is 11.2 Å². The molecule has 2 aliphatic heterocycles. The molecule has 1 aliphatic carbocycles. The average Bonchev–Trinajstić information content (AvgIpc) is 3.07. The highest BCUT2D eigenvalue weighted by molar-refractivity contribution is 7.88. The maximum Gasteiger partial charge on any atom is 0.218 e. The first-order chi connectivity index (χ1) is 12.0. The van der Waals surface area contributed by atoms with E-state index in [1.54, 1.807) is 4.31 Å². The van der Waals surface area contributed by atoms with Gasteiger partial charge in [0.25, 0.3) is 0 Å². The molecule has 1 saturated carbocycles. The van der Waals surface area contributed by atoms with E-state index in [2.05, 4.69) is 4.90 Å². The van der Waals surface area contributed by atoms with Crippen LogP contribution in [0.15, 0.2) is 30.3 Å². The smallest absolute Gasteiger partial charge is 0.218 e. The van der Waals surface area contributed by atoms with Crippen molar-refractivity contribution in [3.63, 3.8) is 0 Å². The minimum Gasteiger partial charge on any atom is -0.303 e. The van der Waals surface area contributed by atoms with Gasteiger partial charge >= 0.3 is 0 Å². The van der Waals surface area contributed by atoms with Crippen LogP contribution in [-0.4, -0.2) is 50.3 Å². The number of hydrogen-bond acceptors (Lipinski definition) is 3. The van der Waals surface area contributed by atoms with Gasteiger partial charge in [0.05, 0.1) is 5.75 Å². The van der Waals surface area contributed by atoms with E-state index in [0.717, 1.165) is 50.5 Å². The molecule has 3 fully saturated rings. The highest BCUT2D eigenvalue weighted by Gasteiger charge is 2.49. The molecule has 2 heterocycles. The average molecular weight is 363 g/mol. The molecule has 3 aliphatic rings. The van der Waals surface area contributed by atoms with Crippen molar-refractivity contribution in [2.75, 3.05) is 32.7 Å². The van der Waals surface area contributed by atoms with E-state index in [1.165, 1.54) is 32.2 Å². The first-order valence-corrected chi connectivity index (χ1v) is 11.4. The molecular formula is C20H30N2O2S. The van der Waals surface area contributed by atoms with Gasteiger partial charge in [-0.25, -0.2) is 12.7 Å². The molecule has 4 rings (SSSR count). The lowest BCUT2D eigenvalue weighted by Crippen LogP contribution is -2.62. The van der Waals surface area contributed by atoms with Crippen molar-refractivity contribution < 1.29 is 8.42 Å². The van der Waals surface area contributed by atoms with Gasteiger partial charge in [-0.2, -0.15) is 0 Å². The number of nitrogens with zero attached hydrogens (tertiary/aromatic N) is 2. The summed E-state index contributed by atoms with van der Waals surface area (Å²) in [5, 5.41) is 0. The van der Waals surface area contributed by atoms with E-state index in [4.69, 9.17) is 0 Å². The van der Waals surface area contributed by atoms with Crippen molar-refractivity contribution in [1.82, 2.24) is 9.21 Å². The lowest BCUT2D eigenvalue weighted by atomic mass is 9.73. The molecule has 2 saturated heterocycles. The minimum atomic E-state index is -3.16. The summed E-state index contributed by atoms with van der Waals surface area (Å²) in [5.74, 6) is 1.05. The van der Waals surface area contributed by atoms with Crippen molar-refractivity contribution in [1.29, 1.82) is 0 Å². The number of likely N-dealkylation sites (tertiary alicyclic amines) is 1. The summed E-state index contributed by atoms with van der Waals surface area (Å²) in [6.07, 6.45) is 7.97. The van der Waals surface area contributed by atoms with Crippen LogP contribution in [0.1, 0.15) is 44.1 Å². The van der Waals surface area contributed by atoms with Crippen LogP contribution in [0.4, 0.5) is 0 Å². The van der Waals surface area contributed by atoms with Gasteiger partial charge < -0.3 is 4.90 Å². The van der Waals surface area contributed by atoms with Crippen LogP contribution in [0.2, 0.25) is 0 Å². The Bertz CT molecular complexity index is 667. The van der Waals surface area contributed by atoms with Crippen molar-refractivity contribution in [2.24, 2.45) is 11.3 Å². The third-order valence-electron chi connectivity index (χ3n) is 6.52. The van der Waals surface area contributed by atoms with Crippen molar-refractivity contribution in [3.8, 4) is 0 Å². The number of rotatable bonds is 5. The predicted molar refractivity (Wildman–Crippen MR) is 101 cm³/mol. The molecule has 0 N–H and O–H groups in total. The minimum absolute atomic E-state index is 0.137. The maximum atomic E-state index is 12.6. The molecule has 138 valence electrons. The van der Waals surface area contributed by atoms with Gasteiger partial charge in [-0.1, -0.05) is 43.2 Å².